The number of rotatable bonds is 8. The smallest absolute Gasteiger partial charge is 0.423 e. The van der Waals surface area contributed by atoms with Crippen LogP contribution in [0, 0.1) is 23.2 Å². The molecule has 0 spiro atoms. The van der Waals surface area contributed by atoms with Gasteiger partial charge in [0.15, 0.2) is 6.10 Å². The van der Waals surface area contributed by atoms with Crippen LogP contribution in [-0.2, 0) is 20.9 Å². The van der Waals surface area contributed by atoms with Crippen molar-refractivity contribution in [1.29, 1.82) is 5.26 Å². The molecular weight excluding hydrogens is 424 g/mol. The summed E-state index contributed by atoms with van der Waals surface area (Å²) in [5, 5.41) is 19.5. The fourth-order valence-corrected chi connectivity index (χ4v) is 4.07. The molecule has 2 rings (SSSR count). The van der Waals surface area contributed by atoms with Crippen LogP contribution in [0.4, 0.5) is 4.79 Å². The molecular formula is C24H34N4O5. The summed E-state index contributed by atoms with van der Waals surface area (Å²) < 4.78 is 5.30. The molecule has 0 aliphatic carbocycles. The third kappa shape index (κ3) is 6.38. The molecule has 9 heteroatoms. The molecule has 1 aromatic carbocycles. The lowest BCUT2D eigenvalue weighted by molar-refractivity contribution is -0.147. The number of hydrogen-bond donors (Lipinski definition) is 2. The number of carbonyl (C=O) groups is 3. The van der Waals surface area contributed by atoms with Gasteiger partial charge in [-0.1, -0.05) is 58.0 Å². The first kappa shape index (κ1) is 26.5. The van der Waals surface area contributed by atoms with E-state index in [0.29, 0.717) is 29.8 Å². The Kier molecular flexibility index (Phi) is 9.53. The van der Waals surface area contributed by atoms with Crippen molar-refractivity contribution in [2.75, 3.05) is 6.54 Å². The summed E-state index contributed by atoms with van der Waals surface area (Å²) in [4.78, 5) is 41.8. The number of likely N-dealkylation sites (tertiary alicyclic amines) is 1. The van der Waals surface area contributed by atoms with Crippen molar-refractivity contribution >= 4 is 17.9 Å². The normalized spacial score (nSPS) is 19.1. The molecule has 9 nitrogen and oxygen atoms in total. The summed E-state index contributed by atoms with van der Waals surface area (Å²) in [5.74, 6) is -2.03. The van der Waals surface area contributed by atoms with Gasteiger partial charge in [0.2, 0.25) is 0 Å². The zero-order valence-corrected chi connectivity index (χ0v) is 19.7. The average Bonchev–Trinajstić information content (AvgIpc) is 3.26. The van der Waals surface area contributed by atoms with Gasteiger partial charge in [0, 0.05) is 0 Å². The van der Waals surface area contributed by atoms with Gasteiger partial charge in [0.25, 0.3) is 11.8 Å². The molecule has 0 aromatic heterocycles. The van der Waals surface area contributed by atoms with E-state index < -0.39 is 42.1 Å². The van der Waals surface area contributed by atoms with Gasteiger partial charge in [-0.05, 0) is 36.8 Å². The van der Waals surface area contributed by atoms with Gasteiger partial charge < -0.3 is 15.6 Å². The quantitative estimate of drug-likeness (QED) is 0.565. The SMILES string of the molecule is CC(C)C(C(O)C#N)N1CCC[C@H]1C(=O)N(C(=O)OCc1ccccc1)C(=O)[C@@H](N)C(C)C. The Morgan fingerprint density at radius 1 is 1.21 bits per heavy atom. The fraction of sp³-hybridized carbons (Fsp3) is 0.583. The van der Waals surface area contributed by atoms with E-state index >= 15 is 0 Å². The van der Waals surface area contributed by atoms with Gasteiger partial charge in [-0.3, -0.25) is 14.5 Å². The van der Waals surface area contributed by atoms with Crippen molar-refractivity contribution in [1.82, 2.24) is 9.80 Å². The minimum atomic E-state index is -1.31. The Hall–Kier alpha value is -2.80. The number of nitrogens with zero attached hydrogens (tertiary/aromatic N) is 3. The molecule has 3 amide bonds. The van der Waals surface area contributed by atoms with Crippen LogP contribution in [0.25, 0.3) is 0 Å². The highest BCUT2D eigenvalue weighted by Gasteiger charge is 2.45. The van der Waals surface area contributed by atoms with Gasteiger partial charge in [0.05, 0.1) is 24.2 Å². The van der Waals surface area contributed by atoms with Crippen molar-refractivity contribution < 1.29 is 24.2 Å². The Balaban J connectivity index is 2.32. The van der Waals surface area contributed by atoms with Crippen molar-refractivity contribution in [3.05, 3.63) is 35.9 Å². The molecule has 2 unspecified atom stereocenters. The summed E-state index contributed by atoms with van der Waals surface area (Å²) in [6.07, 6.45) is -1.40. The van der Waals surface area contributed by atoms with Crippen LogP contribution in [0.2, 0.25) is 0 Å². The van der Waals surface area contributed by atoms with Crippen LogP contribution < -0.4 is 5.73 Å². The zero-order chi connectivity index (χ0) is 24.7. The molecule has 0 bridgehead atoms. The van der Waals surface area contributed by atoms with Crippen LogP contribution in [0.15, 0.2) is 30.3 Å². The monoisotopic (exact) mass is 458 g/mol. The maximum absolute atomic E-state index is 13.6. The maximum atomic E-state index is 13.6. The minimum absolute atomic E-state index is 0.107. The molecule has 33 heavy (non-hydrogen) atoms. The van der Waals surface area contributed by atoms with E-state index in [1.54, 1.807) is 43.0 Å². The topological polar surface area (TPSA) is 137 Å². The number of aliphatic hydroxyl groups is 1. The zero-order valence-electron chi connectivity index (χ0n) is 19.7. The fourth-order valence-electron chi connectivity index (χ4n) is 4.07. The molecule has 0 radical (unpaired) electrons. The first-order valence-electron chi connectivity index (χ1n) is 11.3. The molecule has 180 valence electrons. The van der Waals surface area contributed by atoms with Gasteiger partial charge in [-0.15, -0.1) is 0 Å². The molecule has 1 aliphatic rings. The third-order valence-corrected chi connectivity index (χ3v) is 5.93. The van der Waals surface area contributed by atoms with E-state index in [0.717, 1.165) is 0 Å². The average molecular weight is 459 g/mol. The second-order valence-electron chi connectivity index (χ2n) is 9.03. The van der Waals surface area contributed by atoms with E-state index in [2.05, 4.69) is 0 Å². The molecule has 0 saturated carbocycles. The molecule has 1 heterocycles. The van der Waals surface area contributed by atoms with E-state index in [1.165, 1.54) is 0 Å². The number of carbonyl (C=O) groups excluding carboxylic acids is 3. The molecule has 3 N–H and O–H groups in total. The van der Waals surface area contributed by atoms with Crippen molar-refractivity contribution in [2.45, 2.75) is 71.4 Å². The Bertz CT molecular complexity index is 867. The highest BCUT2D eigenvalue weighted by atomic mass is 16.6. The van der Waals surface area contributed by atoms with Crippen LogP contribution in [0.5, 0.6) is 0 Å². The Labute approximate surface area is 195 Å². The van der Waals surface area contributed by atoms with Crippen LogP contribution >= 0.6 is 0 Å². The van der Waals surface area contributed by atoms with Crippen molar-refractivity contribution in [3.8, 4) is 6.07 Å². The standard InChI is InChI=1S/C24H34N4O5/c1-15(2)20(26)23(31)28(24(32)33-14-17-9-6-5-7-10-17)22(30)18-11-8-12-27(18)21(16(3)4)19(29)13-25/h5-7,9-10,15-16,18-21,29H,8,11-12,14,26H2,1-4H3/t18-,19?,20-,21?/m0/s1. The van der Waals surface area contributed by atoms with Crippen molar-refractivity contribution in [3.63, 3.8) is 0 Å². The summed E-state index contributed by atoms with van der Waals surface area (Å²) in [7, 11) is 0. The molecule has 1 saturated heterocycles. The highest BCUT2D eigenvalue weighted by Crippen LogP contribution is 2.28. The van der Waals surface area contributed by atoms with Gasteiger partial charge in [-0.2, -0.15) is 10.2 Å². The van der Waals surface area contributed by atoms with E-state index in [4.69, 9.17) is 10.5 Å². The van der Waals surface area contributed by atoms with E-state index in [9.17, 15) is 24.8 Å². The predicted molar refractivity (Wildman–Crippen MR) is 121 cm³/mol. The second kappa shape index (κ2) is 11.9. The third-order valence-electron chi connectivity index (χ3n) is 5.93. The summed E-state index contributed by atoms with van der Waals surface area (Å²) in [6, 6.07) is 8.21. The lowest BCUT2D eigenvalue weighted by atomic mass is 9.96. The van der Waals surface area contributed by atoms with Crippen LogP contribution in [0.3, 0.4) is 0 Å². The maximum Gasteiger partial charge on any atom is 0.423 e. The first-order chi connectivity index (χ1) is 15.6. The summed E-state index contributed by atoms with van der Waals surface area (Å²) in [6.45, 7) is 7.48. The van der Waals surface area contributed by atoms with E-state index in [-0.39, 0.29) is 18.4 Å². The summed E-state index contributed by atoms with van der Waals surface area (Å²) in [5.41, 5.74) is 6.71. The number of amides is 3. The number of benzene rings is 1. The first-order valence-corrected chi connectivity index (χ1v) is 11.3. The largest absolute Gasteiger partial charge is 0.444 e. The van der Waals surface area contributed by atoms with Crippen molar-refractivity contribution in [2.24, 2.45) is 17.6 Å². The number of imide groups is 3. The lowest BCUT2D eigenvalue weighted by Crippen LogP contribution is -2.59. The molecule has 1 aliphatic heterocycles. The number of ether oxygens (including phenoxy) is 1. The molecule has 1 aromatic rings. The van der Waals surface area contributed by atoms with Gasteiger partial charge in [0.1, 0.15) is 6.61 Å². The van der Waals surface area contributed by atoms with Crippen LogP contribution in [0.1, 0.15) is 46.1 Å². The molecule has 4 atom stereocenters. The number of nitriles is 1. The summed E-state index contributed by atoms with van der Waals surface area (Å²) >= 11 is 0. The Morgan fingerprint density at radius 2 is 1.85 bits per heavy atom. The Morgan fingerprint density at radius 3 is 2.39 bits per heavy atom. The molecule has 1 fully saturated rings. The second-order valence-corrected chi connectivity index (χ2v) is 9.03. The number of nitrogens with two attached hydrogens (primary N) is 1. The van der Waals surface area contributed by atoms with Gasteiger partial charge in [-0.25, -0.2) is 4.79 Å². The highest BCUT2D eigenvalue weighted by molar-refractivity contribution is 6.11. The van der Waals surface area contributed by atoms with Crippen LogP contribution in [-0.4, -0.2) is 63.6 Å². The number of hydrogen-bond acceptors (Lipinski definition) is 8. The lowest BCUT2D eigenvalue weighted by Gasteiger charge is -2.37. The number of aliphatic hydroxyl groups excluding tert-OH is 1. The predicted octanol–water partition coefficient (Wildman–Crippen LogP) is 2.04. The van der Waals surface area contributed by atoms with E-state index in [1.807, 2.05) is 26.0 Å². The van der Waals surface area contributed by atoms with Gasteiger partial charge >= 0.3 is 6.09 Å². The minimum Gasteiger partial charge on any atom is -0.444 e.